The number of non-ortho nitro benzene ring substituents is 1. The molecule has 3 aromatic carbocycles. The molecule has 0 aliphatic heterocycles. The maximum absolute atomic E-state index is 13.0. The highest BCUT2D eigenvalue weighted by Gasteiger charge is 2.17. The van der Waals surface area contributed by atoms with E-state index in [1.165, 1.54) is 30.3 Å². The molecule has 0 aliphatic rings. The Labute approximate surface area is 189 Å². The number of aryl methyl sites for hydroxylation is 2. The number of hydrogen-bond acceptors (Lipinski definition) is 4. The number of benzene rings is 3. The SMILES string of the molecule is Cc1cc(C)cc(NC(=O)/C(=C\c2cccc([N+](=O)[O-])c2)NC(=O)c2ccccc2Cl)c1. The number of hydrogen-bond donors (Lipinski definition) is 2. The standard InChI is InChI=1S/C24H20ClN3O4/c1-15-10-16(2)12-18(11-15)26-24(30)22(14-17-6-5-7-19(13-17)28(31)32)27-23(29)20-8-3-4-9-21(20)25/h3-14H,1-2H3,(H,26,30)(H,27,29)/b22-14+. The second-order valence-corrected chi connectivity index (χ2v) is 7.58. The second-order valence-electron chi connectivity index (χ2n) is 7.17. The van der Waals surface area contributed by atoms with Gasteiger partial charge in [-0.2, -0.15) is 0 Å². The van der Waals surface area contributed by atoms with Gasteiger partial charge in [-0.3, -0.25) is 19.7 Å². The first-order valence-electron chi connectivity index (χ1n) is 9.64. The molecule has 0 heterocycles. The van der Waals surface area contributed by atoms with Gasteiger partial charge in [-0.05, 0) is 60.9 Å². The van der Waals surface area contributed by atoms with E-state index in [-0.39, 0.29) is 22.0 Å². The number of rotatable bonds is 6. The molecule has 3 aromatic rings. The zero-order chi connectivity index (χ0) is 23.3. The van der Waals surface area contributed by atoms with Crippen LogP contribution in [0.25, 0.3) is 6.08 Å². The van der Waals surface area contributed by atoms with Gasteiger partial charge in [-0.15, -0.1) is 0 Å². The zero-order valence-electron chi connectivity index (χ0n) is 17.4. The molecule has 3 rings (SSSR count). The smallest absolute Gasteiger partial charge is 0.272 e. The van der Waals surface area contributed by atoms with Crippen LogP contribution in [0.3, 0.4) is 0 Å². The van der Waals surface area contributed by atoms with Crippen LogP contribution in [-0.2, 0) is 4.79 Å². The normalized spacial score (nSPS) is 11.0. The van der Waals surface area contributed by atoms with Crippen molar-refractivity contribution >= 4 is 40.9 Å². The molecule has 162 valence electrons. The predicted molar refractivity (Wildman–Crippen MR) is 125 cm³/mol. The van der Waals surface area contributed by atoms with Crippen molar-refractivity contribution in [3.05, 3.63) is 110 Å². The van der Waals surface area contributed by atoms with Crippen LogP contribution in [-0.4, -0.2) is 16.7 Å². The summed E-state index contributed by atoms with van der Waals surface area (Å²) in [7, 11) is 0. The van der Waals surface area contributed by atoms with Gasteiger partial charge in [0.15, 0.2) is 0 Å². The summed E-state index contributed by atoms with van der Waals surface area (Å²) in [5, 5.41) is 16.7. The lowest BCUT2D eigenvalue weighted by atomic mass is 10.1. The Hall–Kier alpha value is -3.97. The summed E-state index contributed by atoms with van der Waals surface area (Å²) < 4.78 is 0. The number of halogens is 1. The summed E-state index contributed by atoms with van der Waals surface area (Å²) in [5.41, 5.74) is 2.83. The molecule has 32 heavy (non-hydrogen) atoms. The van der Waals surface area contributed by atoms with Gasteiger partial charge < -0.3 is 10.6 Å². The summed E-state index contributed by atoms with van der Waals surface area (Å²) in [6.45, 7) is 3.81. The maximum atomic E-state index is 13.0. The lowest BCUT2D eigenvalue weighted by Crippen LogP contribution is -2.31. The van der Waals surface area contributed by atoms with Crippen molar-refractivity contribution in [3.8, 4) is 0 Å². The van der Waals surface area contributed by atoms with Crippen LogP contribution >= 0.6 is 11.6 Å². The van der Waals surface area contributed by atoms with E-state index in [1.807, 2.05) is 19.9 Å². The Balaban J connectivity index is 1.97. The fraction of sp³-hybridized carbons (Fsp3) is 0.0833. The van der Waals surface area contributed by atoms with E-state index in [2.05, 4.69) is 10.6 Å². The second kappa shape index (κ2) is 9.89. The minimum atomic E-state index is -0.582. The summed E-state index contributed by atoms with van der Waals surface area (Å²) in [6, 6.07) is 17.7. The van der Waals surface area contributed by atoms with E-state index >= 15 is 0 Å². The van der Waals surface area contributed by atoms with E-state index in [1.54, 1.807) is 36.4 Å². The molecule has 0 spiro atoms. The molecule has 0 radical (unpaired) electrons. The third-order valence-corrected chi connectivity index (χ3v) is 4.81. The van der Waals surface area contributed by atoms with Gasteiger partial charge in [0, 0.05) is 17.8 Å². The minimum Gasteiger partial charge on any atom is -0.321 e. The van der Waals surface area contributed by atoms with Crippen molar-refractivity contribution < 1.29 is 14.5 Å². The molecular formula is C24H20ClN3O4. The van der Waals surface area contributed by atoms with Crippen LogP contribution in [0.4, 0.5) is 11.4 Å². The molecule has 0 bridgehead atoms. The van der Waals surface area contributed by atoms with Gasteiger partial charge in [-0.1, -0.05) is 41.9 Å². The van der Waals surface area contributed by atoms with E-state index in [4.69, 9.17) is 11.6 Å². The highest BCUT2D eigenvalue weighted by atomic mass is 35.5. The zero-order valence-corrected chi connectivity index (χ0v) is 18.1. The lowest BCUT2D eigenvalue weighted by molar-refractivity contribution is -0.384. The summed E-state index contributed by atoms with van der Waals surface area (Å²) in [4.78, 5) is 36.4. The molecule has 0 fully saturated rings. The third-order valence-electron chi connectivity index (χ3n) is 4.48. The molecule has 7 nitrogen and oxygen atoms in total. The predicted octanol–water partition coefficient (Wildman–Crippen LogP) is 5.27. The Morgan fingerprint density at radius 3 is 2.31 bits per heavy atom. The highest BCUT2D eigenvalue weighted by Crippen LogP contribution is 2.19. The van der Waals surface area contributed by atoms with Crippen molar-refractivity contribution in [1.82, 2.24) is 5.32 Å². The molecule has 2 N–H and O–H groups in total. The fourth-order valence-electron chi connectivity index (χ4n) is 3.13. The monoisotopic (exact) mass is 449 g/mol. The highest BCUT2D eigenvalue weighted by molar-refractivity contribution is 6.34. The number of anilines is 1. The van der Waals surface area contributed by atoms with Crippen LogP contribution in [0.1, 0.15) is 27.0 Å². The van der Waals surface area contributed by atoms with Gasteiger partial charge in [-0.25, -0.2) is 0 Å². The van der Waals surface area contributed by atoms with E-state index in [0.29, 0.717) is 11.3 Å². The molecule has 8 heteroatoms. The molecule has 0 unspecified atom stereocenters. The molecule has 0 saturated carbocycles. The lowest BCUT2D eigenvalue weighted by Gasteiger charge is -2.13. The first kappa shape index (κ1) is 22.7. The van der Waals surface area contributed by atoms with E-state index in [0.717, 1.165) is 11.1 Å². The van der Waals surface area contributed by atoms with Gasteiger partial charge in [0.25, 0.3) is 17.5 Å². The summed E-state index contributed by atoms with van der Waals surface area (Å²) >= 11 is 6.11. The van der Waals surface area contributed by atoms with Crippen LogP contribution in [0.2, 0.25) is 5.02 Å². The molecular weight excluding hydrogens is 430 g/mol. The van der Waals surface area contributed by atoms with Gasteiger partial charge in [0.2, 0.25) is 0 Å². The van der Waals surface area contributed by atoms with E-state index < -0.39 is 16.7 Å². The van der Waals surface area contributed by atoms with Crippen LogP contribution < -0.4 is 10.6 Å². The molecule has 0 aromatic heterocycles. The fourth-order valence-corrected chi connectivity index (χ4v) is 3.36. The molecule has 0 saturated heterocycles. The first-order chi connectivity index (χ1) is 15.2. The average Bonchev–Trinajstić information content (AvgIpc) is 2.73. The number of carbonyl (C=O) groups is 2. The maximum Gasteiger partial charge on any atom is 0.272 e. The average molecular weight is 450 g/mol. The number of nitro benzene ring substituents is 1. The Kier molecular flexibility index (Phi) is 7.02. The van der Waals surface area contributed by atoms with Crippen LogP contribution in [0, 0.1) is 24.0 Å². The summed E-state index contributed by atoms with van der Waals surface area (Å²) in [5.74, 6) is -1.16. The van der Waals surface area contributed by atoms with Crippen molar-refractivity contribution in [2.24, 2.45) is 0 Å². The van der Waals surface area contributed by atoms with E-state index in [9.17, 15) is 19.7 Å². The number of nitrogens with zero attached hydrogens (tertiary/aromatic N) is 1. The number of carbonyl (C=O) groups excluding carboxylic acids is 2. The number of amides is 2. The Morgan fingerprint density at radius 2 is 1.66 bits per heavy atom. The van der Waals surface area contributed by atoms with Crippen LogP contribution in [0.5, 0.6) is 0 Å². The number of nitrogens with one attached hydrogen (secondary N) is 2. The van der Waals surface area contributed by atoms with Crippen molar-refractivity contribution in [2.45, 2.75) is 13.8 Å². The Morgan fingerprint density at radius 1 is 0.969 bits per heavy atom. The third kappa shape index (κ3) is 5.80. The van der Waals surface area contributed by atoms with Crippen molar-refractivity contribution in [2.75, 3.05) is 5.32 Å². The molecule has 0 atom stereocenters. The van der Waals surface area contributed by atoms with Gasteiger partial charge in [0.05, 0.1) is 15.5 Å². The quantitative estimate of drug-likeness (QED) is 0.304. The molecule has 2 amide bonds. The van der Waals surface area contributed by atoms with Crippen molar-refractivity contribution in [1.29, 1.82) is 0 Å². The van der Waals surface area contributed by atoms with Gasteiger partial charge in [0.1, 0.15) is 5.70 Å². The largest absolute Gasteiger partial charge is 0.321 e. The first-order valence-corrected chi connectivity index (χ1v) is 10.0. The Bertz CT molecular complexity index is 1220. The summed E-state index contributed by atoms with van der Waals surface area (Å²) in [6.07, 6.45) is 1.37. The number of nitro groups is 1. The minimum absolute atomic E-state index is 0.0884. The van der Waals surface area contributed by atoms with Gasteiger partial charge >= 0.3 is 0 Å². The molecule has 0 aliphatic carbocycles. The van der Waals surface area contributed by atoms with Crippen molar-refractivity contribution in [3.63, 3.8) is 0 Å². The topological polar surface area (TPSA) is 101 Å². The van der Waals surface area contributed by atoms with Crippen LogP contribution in [0.15, 0.2) is 72.4 Å².